The van der Waals surface area contributed by atoms with E-state index < -0.39 is 16.2 Å². The van der Waals surface area contributed by atoms with Crippen molar-refractivity contribution in [2.24, 2.45) is 0 Å². The van der Waals surface area contributed by atoms with Gasteiger partial charge in [-0.05, 0) is 30.5 Å². The first-order chi connectivity index (χ1) is 8.92. The predicted octanol–water partition coefficient (Wildman–Crippen LogP) is 2.67. The van der Waals surface area contributed by atoms with Gasteiger partial charge >= 0.3 is 5.97 Å². The molecule has 0 amide bonds. The fourth-order valence-corrected chi connectivity index (χ4v) is 3.41. The maximum Gasteiger partial charge on any atom is 0.316 e. The predicted molar refractivity (Wildman–Crippen MR) is 71.8 cm³/mol. The van der Waals surface area contributed by atoms with E-state index in [1.54, 1.807) is 19.1 Å². The first kappa shape index (κ1) is 14.2. The lowest BCUT2D eigenvalue weighted by Gasteiger charge is -2.27. The average Bonchev–Trinajstić information content (AvgIpc) is 2.69. The Kier molecular flexibility index (Phi) is 3.76. The number of ether oxygens (including phenoxy) is 1. The molecule has 1 saturated carbocycles. The van der Waals surface area contributed by atoms with Gasteiger partial charge in [-0.15, -0.1) is 0 Å². The van der Waals surface area contributed by atoms with Crippen LogP contribution in [0.5, 0.6) is 0 Å². The van der Waals surface area contributed by atoms with Crippen molar-refractivity contribution < 1.29 is 18.7 Å². The zero-order chi connectivity index (χ0) is 14.2. The number of alkyl halides is 1. The monoisotopic (exact) mass is 328 g/mol. The summed E-state index contributed by atoms with van der Waals surface area (Å²) in [6.07, 6.45) is 0.336. The number of hydrogen-bond acceptors (Lipinski definition) is 3. The summed E-state index contributed by atoms with van der Waals surface area (Å²) in [5.41, 5.74) is -0.149. The molecule has 0 aliphatic heterocycles. The Bertz CT molecular complexity index is 543. The number of carbonyl (C=O) groups excluding carboxylic acids is 2. The summed E-state index contributed by atoms with van der Waals surface area (Å²) in [6.45, 7) is 1.61. The van der Waals surface area contributed by atoms with E-state index in [0.29, 0.717) is 17.5 Å². The highest BCUT2D eigenvalue weighted by Gasteiger charge is 2.52. The van der Waals surface area contributed by atoms with Crippen molar-refractivity contribution in [1.82, 2.24) is 0 Å². The van der Waals surface area contributed by atoms with Gasteiger partial charge in [-0.2, -0.15) is 0 Å². The Labute approximate surface area is 119 Å². The molecule has 2 rings (SSSR count). The molecule has 1 aliphatic rings. The van der Waals surface area contributed by atoms with Crippen LogP contribution in [0.3, 0.4) is 0 Å². The van der Waals surface area contributed by atoms with Crippen LogP contribution in [0.1, 0.15) is 24.0 Å². The highest BCUT2D eigenvalue weighted by molar-refractivity contribution is 9.10. The first-order valence-corrected chi connectivity index (χ1v) is 6.85. The number of hydrogen-bond donors (Lipinski definition) is 0. The zero-order valence-corrected chi connectivity index (χ0v) is 12.3. The van der Waals surface area contributed by atoms with E-state index in [4.69, 9.17) is 4.74 Å². The van der Waals surface area contributed by atoms with Crippen molar-refractivity contribution >= 4 is 27.7 Å². The van der Waals surface area contributed by atoms with Crippen molar-refractivity contribution in [2.75, 3.05) is 7.11 Å². The maximum atomic E-state index is 13.7. The Balaban J connectivity index is 2.60. The maximum absolute atomic E-state index is 13.7. The van der Waals surface area contributed by atoms with Crippen LogP contribution in [0.2, 0.25) is 0 Å². The molecule has 3 nitrogen and oxygen atoms in total. The van der Waals surface area contributed by atoms with E-state index in [1.165, 1.54) is 13.2 Å². The number of methoxy groups -OCH3 is 1. The van der Waals surface area contributed by atoms with E-state index >= 15 is 0 Å². The molecule has 0 saturated heterocycles. The second kappa shape index (κ2) is 5.04. The standard InChI is InChI=1S/C14H14BrFO3/c1-8-9(4-3-5-11(8)16)14(13(18)19-2)6-10(15)12(17)7-14/h3-5,10H,6-7H2,1-2H3/t10?,14-/m1/s1. The molecule has 1 fully saturated rings. The van der Waals surface area contributed by atoms with Gasteiger partial charge < -0.3 is 4.74 Å². The molecular formula is C14H14BrFO3. The Morgan fingerprint density at radius 2 is 2.21 bits per heavy atom. The van der Waals surface area contributed by atoms with Crippen LogP contribution in [-0.2, 0) is 19.7 Å². The molecule has 1 aliphatic carbocycles. The number of rotatable bonds is 2. The molecule has 19 heavy (non-hydrogen) atoms. The Morgan fingerprint density at radius 3 is 2.74 bits per heavy atom. The fourth-order valence-electron chi connectivity index (χ4n) is 2.69. The van der Waals surface area contributed by atoms with Gasteiger partial charge in [0, 0.05) is 6.42 Å². The minimum absolute atomic E-state index is 0.0416. The number of ketones is 1. The normalized spacial score (nSPS) is 26.5. The van der Waals surface area contributed by atoms with Crippen LogP contribution >= 0.6 is 15.9 Å². The smallest absolute Gasteiger partial charge is 0.316 e. The highest BCUT2D eigenvalue weighted by Crippen LogP contribution is 2.44. The van der Waals surface area contributed by atoms with Crippen LogP contribution in [0.15, 0.2) is 18.2 Å². The van der Waals surface area contributed by atoms with Gasteiger partial charge in [0.05, 0.1) is 11.9 Å². The minimum Gasteiger partial charge on any atom is -0.468 e. The largest absolute Gasteiger partial charge is 0.468 e. The quantitative estimate of drug-likeness (QED) is 0.619. The zero-order valence-electron chi connectivity index (χ0n) is 10.7. The third-order valence-electron chi connectivity index (χ3n) is 3.71. The van der Waals surface area contributed by atoms with E-state index in [2.05, 4.69) is 15.9 Å². The molecule has 0 aromatic heterocycles. The molecule has 102 valence electrons. The lowest BCUT2D eigenvalue weighted by atomic mass is 9.76. The molecule has 0 N–H and O–H groups in total. The summed E-state index contributed by atoms with van der Waals surface area (Å²) in [7, 11) is 1.28. The summed E-state index contributed by atoms with van der Waals surface area (Å²) in [5, 5.41) is 0. The summed E-state index contributed by atoms with van der Waals surface area (Å²) in [6, 6.07) is 4.58. The summed E-state index contributed by atoms with van der Waals surface area (Å²) in [4.78, 5) is 23.6. The van der Waals surface area contributed by atoms with Crippen molar-refractivity contribution in [3.63, 3.8) is 0 Å². The van der Waals surface area contributed by atoms with Crippen molar-refractivity contribution in [3.8, 4) is 0 Å². The number of benzene rings is 1. The van der Waals surface area contributed by atoms with Crippen LogP contribution in [0.25, 0.3) is 0 Å². The number of esters is 1. The van der Waals surface area contributed by atoms with Gasteiger partial charge in [0.25, 0.3) is 0 Å². The van der Waals surface area contributed by atoms with Gasteiger partial charge in [0.1, 0.15) is 17.0 Å². The molecule has 0 heterocycles. The lowest BCUT2D eigenvalue weighted by molar-refractivity contribution is -0.148. The molecule has 0 radical (unpaired) electrons. The summed E-state index contributed by atoms with van der Waals surface area (Å²) in [5.74, 6) is -0.934. The molecular weight excluding hydrogens is 315 g/mol. The molecule has 0 spiro atoms. The van der Waals surface area contributed by atoms with E-state index in [-0.39, 0.29) is 18.0 Å². The van der Waals surface area contributed by atoms with Gasteiger partial charge in [0.2, 0.25) is 0 Å². The van der Waals surface area contributed by atoms with E-state index in [9.17, 15) is 14.0 Å². The van der Waals surface area contributed by atoms with Crippen LogP contribution in [-0.4, -0.2) is 23.7 Å². The van der Waals surface area contributed by atoms with Crippen LogP contribution < -0.4 is 0 Å². The van der Waals surface area contributed by atoms with E-state index in [1.807, 2.05) is 0 Å². The third kappa shape index (κ3) is 2.20. The topological polar surface area (TPSA) is 43.4 Å². The summed E-state index contributed by atoms with van der Waals surface area (Å²) < 4.78 is 18.6. The van der Waals surface area contributed by atoms with Crippen LogP contribution in [0, 0.1) is 12.7 Å². The molecule has 2 atom stereocenters. The SMILES string of the molecule is COC(=O)[C@@]1(c2cccc(F)c2C)CC(=O)C(Br)C1. The number of halogens is 2. The Morgan fingerprint density at radius 1 is 1.53 bits per heavy atom. The van der Waals surface area contributed by atoms with Crippen LogP contribution in [0.4, 0.5) is 4.39 Å². The second-order valence-electron chi connectivity index (χ2n) is 4.80. The second-order valence-corrected chi connectivity index (χ2v) is 5.91. The molecule has 1 aromatic carbocycles. The van der Waals surface area contributed by atoms with Crippen molar-refractivity contribution in [1.29, 1.82) is 0 Å². The van der Waals surface area contributed by atoms with Gasteiger partial charge in [0.15, 0.2) is 0 Å². The molecule has 0 bridgehead atoms. The number of Topliss-reactive ketones (excluding diaryl/α,β-unsaturated/α-hetero) is 1. The highest BCUT2D eigenvalue weighted by atomic mass is 79.9. The van der Waals surface area contributed by atoms with Crippen molar-refractivity contribution in [2.45, 2.75) is 30.0 Å². The fraction of sp³-hybridized carbons (Fsp3) is 0.429. The third-order valence-corrected chi connectivity index (χ3v) is 4.55. The van der Waals surface area contributed by atoms with Gasteiger partial charge in [-0.25, -0.2) is 4.39 Å². The van der Waals surface area contributed by atoms with Gasteiger partial charge in [-0.1, -0.05) is 28.1 Å². The molecule has 1 aromatic rings. The number of carbonyl (C=O) groups is 2. The molecule has 1 unspecified atom stereocenters. The first-order valence-electron chi connectivity index (χ1n) is 5.93. The Hall–Kier alpha value is -1.23. The molecule has 5 heteroatoms. The summed E-state index contributed by atoms with van der Waals surface area (Å²) >= 11 is 3.27. The van der Waals surface area contributed by atoms with E-state index in [0.717, 1.165) is 0 Å². The van der Waals surface area contributed by atoms with Gasteiger partial charge in [-0.3, -0.25) is 9.59 Å². The lowest BCUT2D eigenvalue weighted by Crippen LogP contribution is -2.36. The minimum atomic E-state index is -1.08. The average molecular weight is 329 g/mol. The van der Waals surface area contributed by atoms with Crippen molar-refractivity contribution in [3.05, 3.63) is 35.1 Å².